The van der Waals surface area contributed by atoms with Crippen LogP contribution in [0.4, 0.5) is 0 Å². The Morgan fingerprint density at radius 2 is 2.06 bits per heavy atom. The highest BCUT2D eigenvalue weighted by Crippen LogP contribution is 2.12. The maximum Gasteiger partial charge on any atom is 0.260 e. The SMILES string of the molecule is CCN(CC)C(=O)COc1cccc(CN)c1. The standard InChI is InChI=1S/C13H20N2O2/c1-3-15(4-2)13(16)10-17-12-7-5-6-11(8-12)9-14/h5-8H,3-4,9-10,14H2,1-2H3. The van der Waals surface area contributed by atoms with Gasteiger partial charge in [0.05, 0.1) is 0 Å². The summed E-state index contributed by atoms with van der Waals surface area (Å²) < 4.78 is 5.45. The van der Waals surface area contributed by atoms with Crippen LogP contribution in [0.2, 0.25) is 0 Å². The fraction of sp³-hybridized carbons (Fsp3) is 0.462. The zero-order chi connectivity index (χ0) is 12.7. The monoisotopic (exact) mass is 236 g/mol. The summed E-state index contributed by atoms with van der Waals surface area (Å²) >= 11 is 0. The predicted octanol–water partition coefficient (Wildman–Crippen LogP) is 1.39. The Morgan fingerprint density at radius 1 is 1.35 bits per heavy atom. The second-order valence-electron chi connectivity index (χ2n) is 3.71. The molecule has 4 nitrogen and oxygen atoms in total. The highest BCUT2D eigenvalue weighted by molar-refractivity contribution is 5.77. The Labute approximate surface area is 102 Å². The molecule has 0 unspecified atom stereocenters. The van der Waals surface area contributed by atoms with Gasteiger partial charge in [0.15, 0.2) is 6.61 Å². The van der Waals surface area contributed by atoms with E-state index in [1.165, 1.54) is 0 Å². The number of carbonyl (C=O) groups is 1. The van der Waals surface area contributed by atoms with Gasteiger partial charge in [-0.25, -0.2) is 0 Å². The maximum absolute atomic E-state index is 11.7. The normalized spacial score (nSPS) is 10.1. The first kappa shape index (κ1) is 13.5. The van der Waals surface area contributed by atoms with E-state index in [2.05, 4.69) is 0 Å². The number of amides is 1. The second kappa shape index (κ2) is 6.91. The molecule has 0 atom stereocenters. The molecule has 1 rings (SSSR count). The molecule has 1 amide bonds. The van der Waals surface area contributed by atoms with E-state index in [-0.39, 0.29) is 12.5 Å². The van der Waals surface area contributed by atoms with Crippen molar-refractivity contribution in [2.75, 3.05) is 19.7 Å². The Bertz CT molecular complexity index is 362. The van der Waals surface area contributed by atoms with Crippen molar-refractivity contribution in [2.45, 2.75) is 20.4 Å². The van der Waals surface area contributed by atoms with Gasteiger partial charge in [-0.2, -0.15) is 0 Å². The summed E-state index contributed by atoms with van der Waals surface area (Å²) in [6.07, 6.45) is 0. The molecule has 0 aromatic heterocycles. The largest absolute Gasteiger partial charge is 0.484 e. The topological polar surface area (TPSA) is 55.6 Å². The van der Waals surface area contributed by atoms with Crippen LogP contribution in [0.1, 0.15) is 19.4 Å². The lowest BCUT2D eigenvalue weighted by Crippen LogP contribution is -2.34. The number of nitrogens with zero attached hydrogens (tertiary/aromatic N) is 1. The van der Waals surface area contributed by atoms with E-state index >= 15 is 0 Å². The van der Waals surface area contributed by atoms with E-state index in [4.69, 9.17) is 10.5 Å². The third-order valence-electron chi connectivity index (χ3n) is 2.61. The molecule has 0 bridgehead atoms. The first-order valence-corrected chi connectivity index (χ1v) is 5.90. The maximum atomic E-state index is 11.7. The summed E-state index contributed by atoms with van der Waals surface area (Å²) in [4.78, 5) is 13.5. The predicted molar refractivity (Wildman–Crippen MR) is 67.8 cm³/mol. The molecule has 2 N–H and O–H groups in total. The van der Waals surface area contributed by atoms with Crippen molar-refractivity contribution in [3.8, 4) is 5.75 Å². The van der Waals surface area contributed by atoms with Crippen molar-refractivity contribution in [3.63, 3.8) is 0 Å². The van der Waals surface area contributed by atoms with Crippen molar-refractivity contribution in [1.82, 2.24) is 4.90 Å². The van der Waals surface area contributed by atoms with Crippen molar-refractivity contribution < 1.29 is 9.53 Å². The molecular formula is C13H20N2O2. The van der Waals surface area contributed by atoms with Gasteiger partial charge in [0.25, 0.3) is 5.91 Å². The zero-order valence-corrected chi connectivity index (χ0v) is 10.5. The number of hydrogen-bond acceptors (Lipinski definition) is 3. The van der Waals surface area contributed by atoms with Crippen molar-refractivity contribution in [3.05, 3.63) is 29.8 Å². The van der Waals surface area contributed by atoms with E-state index in [9.17, 15) is 4.79 Å². The van der Waals surface area contributed by atoms with Gasteiger partial charge in [-0.15, -0.1) is 0 Å². The summed E-state index contributed by atoms with van der Waals surface area (Å²) in [6, 6.07) is 7.49. The summed E-state index contributed by atoms with van der Waals surface area (Å²) in [6.45, 7) is 5.88. The summed E-state index contributed by atoms with van der Waals surface area (Å²) in [7, 11) is 0. The van der Waals surface area contributed by atoms with Gasteiger partial charge in [-0.05, 0) is 31.5 Å². The molecule has 0 aliphatic rings. The van der Waals surface area contributed by atoms with Gasteiger partial charge < -0.3 is 15.4 Å². The Kier molecular flexibility index (Phi) is 5.49. The van der Waals surface area contributed by atoms with E-state index in [0.29, 0.717) is 25.4 Å². The van der Waals surface area contributed by atoms with E-state index < -0.39 is 0 Å². The van der Waals surface area contributed by atoms with Crippen molar-refractivity contribution >= 4 is 5.91 Å². The fourth-order valence-corrected chi connectivity index (χ4v) is 1.57. The molecule has 0 radical (unpaired) electrons. The minimum absolute atomic E-state index is 0.00755. The van der Waals surface area contributed by atoms with Gasteiger partial charge in [0.2, 0.25) is 0 Å². The minimum Gasteiger partial charge on any atom is -0.484 e. The Balaban J connectivity index is 2.52. The lowest BCUT2D eigenvalue weighted by atomic mass is 10.2. The van der Waals surface area contributed by atoms with Crippen molar-refractivity contribution in [1.29, 1.82) is 0 Å². The Morgan fingerprint density at radius 3 is 2.65 bits per heavy atom. The number of nitrogens with two attached hydrogens (primary N) is 1. The molecule has 0 aliphatic carbocycles. The van der Waals surface area contributed by atoms with Crippen LogP contribution in [-0.2, 0) is 11.3 Å². The molecule has 0 fully saturated rings. The van der Waals surface area contributed by atoms with Crippen LogP contribution in [0.3, 0.4) is 0 Å². The summed E-state index contributed by atoms with van der Waals surface area (Å²) in [5, 5.41) is 0. The minimum atomic E-state index is 0.00755. The first-order chi connectivity index (χ1) is 8.21. The average Bonchev–Trinajstić information content (AvgIpc) is 2.38. The smallest absolute Gasteiger partial charge is 0.260 e. The van der Waals surface area contributed by atoms with Gasteiger partial charge in [0, 0.05) is 19.6 Å². The van der Waals surface area contributed by atoms with Gasteiger partial charge >= 0.3 is 0 Å². The molecular weight excluding hydrogens is 216 g/mol. The number of benzene rings is 1. The number of carbonyl (C=O) groups excluding carboxylic acids is 1. The van der Waals surface area contributed by atoms with Crippen LogP contribution in [-0.4, -0.2) is 30.5 Å². The van der Waals surface area contributed by atoms with Gasteiger partial charge in [-0.1, -0.05) is 12.1 Å². The van der Waals surface area contributed by atoms with Gasteiger partial charge in [-0.3, -0.25) is 4.79 Å². The van der Waals surface area contributed by atoms with E-state index in [1.807, 2.05) is 38.1 Å². The quantitative estimate of drug-likeness (QED) is 0.812. The highest BCUT2D eigenvalue weighted by atomic mass is 16.5. The fourth-order valence-electron chi connectivity index (χ4n) is 1.57. The summed E-state index contributed by atoms with van der Waals surface area (Å²) in [5.41, 5.74) is 6.53. The molecule has 1 aromatic carbocycles. The third kappa shape index (κ3) is 4.07. The lowest BCUT2D eigenvalue weighted by molar-refractivity contribution is -0.132. The molecule has 1 aromatic rings. The van der Waals surface area contributed by atoms with Crippen LogP contribution in [0, 0.1) is 0 Å². The molecule has 0 heterocycles. The van der Waals surface area contributed by atoms with Crippen LogP contribution < -0.4 is 10.5 Å². The number of likely N-dealkylation sites (N-methyl/N-ethyl adjacent to an activating group) is 1. The molecule has 94 valence electrons. The molecule has 0 saturated carbocycles. The van der Waals surface area contributed by atoms with Crippen LogP contribution in [0.15, 0.2) is 24.3 Å². The lowest BCUT2D eigenvalue weighted by Gasteiger charge is -2.18. The Hall–Kier alpha value is -1.55. The molecule has 0 aliphatic heterocycles. The molecule has 0 spiro atoms. The number of ether oxygens (including phenoxy) is 1. The average molecular weight is 236 g/mol. The molecule has 0 saturated heterocycles. The second-order valence-corrected chi connectivity index (χ2v) is 3.71. The van der Waals surface area contributed by atoms with Crippen LogP contribution >= 0.6 is 0 Å². The first-order valence-electron chi connectivity index (χ1n) is 5.90. The van der Waals surface area contributed by atoms with Crippen LogP contribution in [0.5, 0.6) is 5.75 Å². The third-order valence-corrected chi connectivity index (χ3v) is 2.61. The van der Waals surface area contributed by atoms with Gasteiger partial charge in [0.1, 0.15) is 5.75 Å². The number of rotatable bonds is 6. The highest BCUT2D eigenvalue weighted by Gasteiger charge is 2.09. The molecule has 17 heavy (non-hydrogen) atoms. The van der Waals surface area contributed by atoms with Crippen molar-refractivity contribution in [2.24, 2.45) is 5.73 Å². The molecule has 4 heteroatoms. The number of hydrogen-bond donors (Lipinski definition) is 1. The van der Waals surface area contributed by atoms with E-state index in [1.54, 1.807) is 4.90 Å². The van der Waals surface area contributed by atoms with E-state index in [0.717, 1.165) is 5.56 Å². The summed E-state index contributed by atoms with van der Waals surface area (Å²) in [5.74, 6) is 0.696. The van der Waals surface area contributed by atoms with Crippen LogP contribution in [0.25, 0.3) is 0 Å². The zero-order valence-electron chi connectivity index (χ0n) is 10.5.